The van der Waals surface area contributed by atoms with E-state index >= 15 is 0 Å². The Hall–Kier alpha value is -0.300. The van der Waals surface area contributed by atoms with Gasteiger partial charge < -0.3 is 5.11 Å². The zero-order valence-electron chi connectivity index (χ0n) is 20.9. The molecule has 0 aromatic carbocycles. The molecular formula is C29H50O. The van der Waals surface area contributed by atoms with Crippen LogP contribution in [0, 0.1) is 58.2 Å². The predicted molar refractivity (Wildman–Crippen MR) is 128 cm³/mol. The lowest BCUT2D eigenvalue weighted by atomic mass is 9.44. The highest BCUT2D eigenvalue weighted by molar-refractivity contribution is 5.11. The molecule has 1 heteroatoms. The third-order valence-corrected chi connectivity index (χ3v) is 11.3. The number of hydrogen-bond acceptors (Lipinski definition) is 1. The van der Waals surface area contributed by atoms with Crippen LogP contribution in [0.4, 0.5) is 0 Å². The number of fused-ring (bicyclic) bond motifs is 5. The second-order valence-electron chi connectivity index (χ2n) is 12.9. The Bertz CT molecular complexity index is 622. The molecule has 10 unspecified atom stereocenters. The highest BCUT2D eigenvalue weighted by Crippen LogP contribution is 2.68. The van der Waals surface area contributed by atoms with Crippen LogP contribution in [0.2, 0.25) is 0 Å². The first kappa shape index (κ1) is 22.9. The molecule has 1 nitrogen and oxygen atoms in total. The predicted octanol–water partition coefficient (Wildman–Crippen LogP) is 7.88. The summed E-state index contributed by atoms with van der Waals surface area (Å²) in [5.41, 5.74) is 1.07. The molecule has 0 bridgehead atoms. The minimum absolute atomic E-state index is 0.0187. The number of hydrogen-bond donors (Lipinski definition) is 1. The van der Waals surface area contributed by atoms with Gasteiger partial charge in [-0.25, -0.2) is 0 Å². The lowest BCUT2D eigenvalue weighted by Gasteiger charge is -2.61. The van der Waals surface area contributed by atoms with Crippen molar-refractivity contribution in [2.75, 3.05) is 0 Å². The van der Waals surface area contributed by atoms with Gasteiger partial charge in [0.15, 0.2) is 0 Å². The SMILES string of the molecule is CCC(/C=C/C(C)C1CCC2C3CCC4CC(O)CCC4(C)C3CCC12C)C(C)C. The molecule has 172 valence electrons. The van der Waals surface area contributed by atoms with Crippen molar-refractivity contribution in [3.05, 3.63) is 12.2 Å². The first-order chi connectivity index (χ1) is 14.2. The van der Waals surface area contributed by atoms with E-state index in [0.29, 0.717) is 10.8 Å². The first-order valence-corrected chi connectivity index (χ1v) is 13.6. The first-order valence-electron chi connectivity index (χ1n) is 13.6. The van der Waals surface area contributed by atoms with Gasteiger partial charge in [0.25, 0.3) is 0 Å². The fourth-order valence-corrected chi connectivity index (χ4v) is 9.42. The highest BCUT2D eigenvalue weighted by atomic mass is 16.3. The van der Waals surface area contributed by atoms with Crippen LogP contribution in [0.1, 0.15) is 106 Å². The van der Waals surface area contributed by atoms with Gasteiger partial charge in [0, 0.05) is 0 Å². The van der Waals surface area contributed by atoms with E-state index in [1.165, 1.54) is 51.4 Å². The molecule has 0 amide bonds. The van der Waals surface area contributed by atoms with Crippen molar-refractivity contribution in [2.45, 2.75) is 112 Å². The van der Waals surface area contributed by atoms with Gasteiger partial charge in [-0.2, -0.15) is 0 Å². The van der Waals surface area contributed by atoms with Crippen molar-refractivity contribution in [2.24, 2.45) is 58.2 Å². The van der Waals surface area contributed by atoms with Crippen molar-refractivity contribution < 1.29 is 5.11 Å². The van der Waals surface area contributed by atoms with Crippen LogP contribution in [0.5, 0.6) is 0 Å². The van der Waals surface area contributed by atoms with Gasteiger partial charge in [0.05, 0.1) is 6.10 Å². The molecule has 10 atom stereocenters. The summed E-state index contributed by atoms with van der Waals surface area (Å²) in [6, 6.07) is 0. The Labute approximate surface area is 187 Å². The van der Waals surface area contributed by atoms with Gasteiger partial charge in [-0.15, -0.1) is 0 Å². The van der Waals surface area contributed by atoms with Gasteiger partial charge >= 0.3 is 0 Å². The average Bonchev–Trinajstić information content (AvgIpc) is 3.06. The molecule has 0 aromatic heterocycles. The summed E-state index contributed by atoms with van der Waals surface area (Å²) >= 11 is 0. The van der Waals surface area contributed by atoms with Crippen LogP contribution in [0.15, 0.2) is 12.2 Å². The van der Waals surface area contributed by atoms with E-state index in [9.17, 15) is 5.11 Å². The van der Waals surface area contributed by atoms with E-state index in [0.717, 1.165) is 60.2 Å². The summed E-state index contributed by atoms with van der Waals surface area (Å²) in [4.78, 5) is 0. The third-order valence-electron chi connectivity index (χ3n) is 11.3. The zero-order valence-corrected chi connectivity index (χ0v) is 20.9. The molecule has 1 N–H and O–H groups in total. The van der Waals surface area contributed by atoms with Crippen LogP contribution in [0.25, 0.3) is 0 Å². The fraction of sp³-hybridized carbons (Fsp3) is 0.931. The molecule has 4 aliphatic rings. The minimum atomic E-state index is -0.0187. The average molecular weight is 415 g/mol. The van der Waals surface area contributed by atoms with E-state index in [1.54, 1.807) is 0 Å². The molecule has 4 fully saturated rings. The number of aliphatic hydroxyl groups is 1. The van der Waals surface area contributed by atoms with Crippen molar-refractivity contribution in [1.29, 1.82) is 0 Å². The molecule has 0 aliphatic heterocycles. The van der Waals surface area contributed by atoms with Crippen molar-refractivity contribution in [1.82, 2.24) is 0 Å². The van der Waals surface area contributed by atoms with Gasteiger partial charge in [0.1, 0.15) is 0 Å². The second-order valence-corrected chi connectivity index (χ2v) is 12.9. The van der Waals surface area contributed by atoms with Crippen LogP contribution in [0.3, 0.4) is 0 Å². The summed E-state index contributed by atoms with van der Waals surface area (Å²) in [5, 5.41) is 10.3. The van der Waals surface area contributed by atoms with Gasteiger partial charge in [-0.05, 0) is 122 Å². The monoisotopic (exact) mass is 414 g/mol. The number of aliphatic hydroxyl groups excluding tert-OH is 1. The van der Waals surface area contributed by atoms with Crippen LogP contribution >= 0.6 is 0 Å². The zero-order chi connectivity index (χ0) is 21.7. The van der Waals surface area contributed by atoms with Crippen molar-refractivity contribution >= 4 is 0 Å². The Morgan fingerprint density at radius 2 is 1.57 bits per heavy atom. The van der Waals surface area contributed by atoms with Gasteiger partial charge in [0.2, 0.25) is 0 Å². The molecule has 0 aromatic rings. The molecule has 30 heavy (non-hydrogen) atoms. The molecule has 0 spiro atoms. The Balaban J connectivity index is 1.49. The van der Waals surface area contributed by atoms with Gasteiger partial charge in [-0.1, -0.05) is 53.7 Å². The summed E-state index contributed by atoms with van der Waals surface area (Å²) < 4.78 is 0. The standard InChI is InChI=1S/C29H50O/c1-7-21(19(2)3)9-8-20(4)25-12-13-26-24-11-10-22-18-23(30)14-16-28(22,5)27(24)15-17-29(25,26)6/h8-9,19-27,30H,7,10-18H2,1-6H3/b9-8+. The topological polar surface area (TPSA) is 20.2 Å². The Morgan fingerprint density at radius 1 is 0.867 bits per heavy atom. The molecule has 0 radical (unpaired) electrons. The quantitative estimate of drug-likeness (QED) is 0.454. The third kappa shape index (κ3) is 3.74. The lowest BCUT2D eigenvalue weighted by molar-refractivity contribution is -0.128. The van der Waals surface area contributed by atoms with Gasteiger partial charge in [-0.3, -0.25) is 0 Å². The van der Waals surface area contributed by atoms with E-state index in [1.807, 2.05) is 0 Å². The maximum atomic E-state index is 10.3. The van der Waals surface area contributed by atoms with E-state index < -0.39 is 0 Å². The maximum absolute atomic E-state index is 10.3. The second kappa shape index (κ2) is 8.57. The van der Waals surface area contributed by atoms with E-state index in [4.69, 9.17) is 0 Å². The summed E-state index contributed by atoms with van der Waals surface area (Å²) in [5.74, 6) is 6.72. The van der Waals surface area contributed by atoms with E-state index in [2.05, 4.69) is 53.7 Å². The smallest absolute Gasteiger partial charge is 0.0543 e. The lowest BCUT2D eigenvalue weighted by Crippen LogP contribution is -2.54. The normalized spacial score (nSPS) is 48.3. The largest absolute Gasteiger partial charge is 0.393 e. The number of rotatable bonds is 5. The fourth-order valence-electron chi connectivity index (χ4n) is 9.42. The summed E-state index contributed by atoms with van der Waals surface area (Å²) in [6.07, 6.45) is 18.5. The molecule has 4 saturated carbocycles. The van der Waals surface area contributed by atoms with Crippen molar-refractivity contribution in [3.8, 4) is 0 Å². The molecule has 0 saturated heterocycles. The van der Waals surface area contributed by atoms with E-state index in [-0.39, 0.29) is 6.10 Å². The van der Waals surface area contributed by atoms with Crippen LogP contribution in [-0.4, -0.2) is 11.2 Å². The van der Waals surface area contributed by atoms with Crippen LogP contribution in [-0.2, 0) is 0 Å². The Morgan fingerprint density at radius 3 is 2.27 bits per heavy atom. The van der Waals surface area contributed by atoms with Crippen LogP contribution < -0.4 is 0 Å². The van der Waals surface area contributed by atoms with Crippen molar-refractivity contribution in [3.63, 3.8) is 0 Å². The maximum Gasteiger partial charge on any atom is 0.0543 e. The summed E-state index contributed by atoms with van der Waals surface area (Å²) in [7, 11) is 0. The number of allylic oxidation sites excluding steroid dienone is 2. The molecule has 4 aliphatic carbocycles. The highest BCUT2D eigenvalue weighted by Gasteiger charge is 2.60. The summed E-state index contributed by atoms with van der Waals surface area (Å²) in [6.45, 7) is 14.9. The molecule has 0 heterocycles. The Kier molecular flexibility index (Phi) is 6.53. The molecular weight excluding hydrogens is 364 g/mol. The minimum Gasteiger partial charge on any atom is -0.393 e. The molecule has 4 rings (SSSR count).